The highest BCUT2D eigenvalue weighted by Crippen LogP contribution is 2.36. The van der Waals surface area contributed by atoms with E-state index in [-0.39, 0.29) is 0 Å². The van der Waals surface area contributed by atoms with Gasteiger partial charge in [0.25, 0.3) is 0 Å². The van der Waals surface area contributed by atoms with Crippen LogP contribution in [0.1, 0.15) is 24.0 Å². The lowest BCUT2D eigenvalue weighted by molar-refractivity contribution is 0.411. The topological polar surface area (TPSA) is 6.48 Å². The molecule has 0 amide bonds. The molecule has 0 spiro atoms. The summed E-state index contributed by atoms with van der Waals surface area (Å²) in [4.78, 5) is 4.52. The second-order valence-corrected chi connectivity index (χ2v) is 5.83. The molecule has 4 aliphatic heterocycles. The first kappa shape index (κ1) is 11.8. The zero-order chi connectivity index (χ0) is 13.5. The molecule has 20 heavy (non-hydrogen) atoms. The molecule has 6 aliphatic rings. The van der Waals surface area contributed by atoms with E-state index in [4.69, 9.17) is 0 Å². The van der Waals surface area contributed by atoms with Crippen molar-refractivity contribution in [3.63, 3.8) is 0 Å². The third-order valence-electron chi connectivity index (χ3n) is 4.37. The molecule has 7 rings (SSSR count). The SMILES string of the molecule is CN1[CH]N2C3=CC=C(CCc4ccc(cc4)CC3)C2=C1. The summed E-state index contributed by atoms with van der Waals surface area (Å²) in [6.07, 6.45) is 11.3. The lowest BCUT2D eigenvalue weighted by atomic mass is 9.95. The molecule has 101 valence electrons. The fourth-order valence-electron chi connectivity index (χ4n) is 3.20. The Morgan fingerprint density at radius 1 is 0.850 bits per heavy atom. The minimum absolute atomic E-state index is 1.09. The van der Waals surface area contributed by atoms with Gasteiger partial charge in [0.15, 0.2) is 0 Å². The summed E-state index contributed by atoms with van der Waals surface area (Å²) < 4.78 is 0. The van der Waals surface area contributed by atoms with Gasteiger partial charge in [-0.2, -0.15) is 0 Å². The molecule has 0 saturated heterocycles. The Morgan fingerprint density at radius 3 is 2.30 bits per heavy atom. The zero-order valence-corrected chi connectivity index (χ0v) is 11.8. The van der Waals surface area contributed by atoms with Gasteiger partial charge in [-0.05, 0) is 48.5 Å². The average molecular weight is 263 g/mol. The summed E-state index contributed by atoms with van der Waals surface area (Å²) in [6, 6.07) is 9.16. The van der Waals surface area contributed by atoms with Crippen molar-refractivity contribution < 1.29 is 0 Å². The van der Waals surface area contributed by atoms with Gasteiger partial charge in [-0.15, -0.1) is 0 Å². The van der Waals surface area contributed by atoms with Crippen molar-refractivity contribution in [1.82, 2.24) is 9.80 Å². The number of rotatable bonds is 0. The first-order valence-electron chi connectivity index (χ1n) is 7.35. The summed E-state index contributed by atoms with van der Waals surface area (Å²) in [7, 11) is 2.11. The van der Waals surface area contributed by atoms with Crippen LogP contribution in [0.4, 0.5) is 0 Å². The molecule has 2 aliphatic carbocycles. The molecule has 1 aromatic carbocycles. The summed E-state index contributed by atoms with van der Waals surface area (Å²) in [5.41, 5.74) is 7.07. The highest BCUT2D eigenvalue weighted by atomic mass is 15.4. The first-order chi connectivity index (χ1) is 9.79. The minimum atomic E-state index is 1.09. The van der Waals surface area contributed by atoms with E-state index in [0.29, 0.717) is 0 Å². The maximum atomic E-state index is 2.36. The van der Waals surface area contributed by atoms with E-state index in [2.05, 4.69) is 66.1 Å². The quantitative estimate of drug-likeness (QED) is 0.705. The Morgan fingerprint density at radius 2 is 1.55 bits per heavy atom. The molecule has 2 nitrogen and oxygen atoms in total. The lowest BCUT2D eigenvalue weighted by Gasteiger charge is -2.29. The number of nitrogens with zero attached hydrogens (tertiary/aromatic N) is 2. The van der Waals surface area contributed by atoms with Crippen LogP contribution >= 0.6 is 0 Å². The van der Waals surface area contributed by atoms with Crippen LogP contribution in [0.15, 0.2) is 59.6 Å². The molecule has 2 heteroatoms. The molecule has 4 bridgehead atoms. The van der Waals surface area contributed by atoms with Crippen LogP contribution in [-0.4, -0.2) is 16.8 Å². The smallest absolute Gasteiger partial charge is 0.145 e. The molecular weight excluding hydrogens is 244 g/mol. The summed E-state index contributed by atoms with van der Waals surface area (Å²) >= 11 is 0. The molecule has 0 fully saturated rings. The number of benzene rings is 1. The second-order valence-electron chi connectivity index (χ2n) is 5.83. The predicted octanol–water partition coefficient (Wildman–Crippen LogP) is 3.60. The van der Waals surface area contributed by atoms with E-state index >= 15 is 0 Å². The van der Waals surface area contributed by atoms with E-state index in [1.807, 2.05) is 0 Å². The monoisotopic (exact) mass is 263 g/mol. The summed E-state index contributed by atoms with van der Waals surface area (Å²) in [5.74, 6) is 0. The summed E-state index contributed by atoms with van der Waals surface area (Å²) in [6.45, 7) is 2.20. The number of aryl methyl sites for hydroxylation is 2. The molecule has 0 N–H and O–H groups in total. The Labute approximate surface area is 120 Å². The highest BCUT2D eigenvalue weighted by molar-refractivity contribution is 5.44. The molecule has 1 aromatic rings. The van der Waals surface area contributed by atoms with Gasteiger partial charge in [-0.1, -0.05) is 30.3 Å². The van der Waals surface area contributed by atoms with Gasteiger partial charge in [0.05, 0.1) is 5.70 Å². The number of hydrogen-bond donors (Lipinski definition) is 0. The Kier molecular flexibility index (Phi) is 2.69. The van der Waals surface area contributed by atoms with Gasteiger partial charge in [0.1, 0.15) is 6.67 Å². The fourth-order valence-corrected chi connectivity index (χ4v) is 3.20. The van der Waals surface area contributed by atoms with E-state index in [1.165, 1.54) is 28.1 Å². The number of allylic oxidation sites excluding steroid dienone is 4. The van der Waals surface area contributed by atoms with Crippen LogP contribution in [-0.2, 0) is 12.8 Å². The first-order valence-corrected chi connectivity index (χ1v) is 7.35. The molecular formula is C18H19N2. The van der Waals surface area contributed by atoms with Crippen LogP contribution < -0.4 is 0 Å². The van der Waals surface area contributed by atoms with E-state index in [1.54, 1.807) is 0 Å². The Hall–Kier alpha value is -1.96. The van der Waals surface area contributed by atoms with Crippen LogP contribution in [0, 0.1) is 6.67 Å². The minimum Gasteiger partial charge on any atom is -0.355 e. The van der Waals surface area contributed by atoms with Gasteiger partial charge in [-0.25, -0.2) is 0 Å². The standard InChI is InChI=1S/C18H19N2/c1-19-12-18-16-8-6-14-2-4-15(5-3-14)7-10-17(11-9-16)20(18)13-19/h2-5,9,11-13H,6-8,10H2,1H3. The van der Waals surface area contributed by atoms with Crippen molar-refractivity contribution in [2.24, 2.45) is 0 Å². The summed E-state index contributed by atoms with van der Waals surface area (Å²) in [5, 5.41) is 0. The van der Waals surface area contributed by atoms with Gasteiger partial charge in [0, 0.05) is 18.9 Å². The molecule has 1 radical (unpaired) electrons. The van der Waals surface area contributed by atoms with Crippen molar-refractivity contribution in [1.29, 1.82) is 0 Å². The fraction of sp³-hybridized carbons (Fsp3) is 0.278. The van der Waals surface area contributed by atoms with Crippen LogP contribution in [0.5, 0.6) is 0 Å². The maximum Gasteiger partial charge on any atom is 0.145 e. The van der Waals surface area contributed by atoms with Gasteiger partial charge in [0.2, 0.25) is 0 Å². The van der Waals surface area contributed by atoms with Crippen LogP contribution in [0.2, 0.25) is 0 Å². The van der Waals surface area contributed by atoms with Crippen molar-refractivity contribution in [3.05, 3.63) is 77.4 Å². The molecule has 0 saturated carbocycles. The Bertz CT molecular complexity index is 619. The zero-order valence-electron chi connectivity index (χ0n) is 11.8. The molecule has 4 heterocycles. The van der Waals surface area contributed by atoms with Crippen molar-refractivity contribution in [2.75, 3.05) is 7.05 Å². The van der Waals surface area contributed by atoms with E-state index in [0.717, 1.165) is 25.7 Å². The van der Waals surface area contributed by atoms with E-state index < -0.39 is 0 Å². The second kappa shape index (κ2) is 4.55. The third kappa shape index (κ3) is 1.96. The van der Waals surface area contributed by atoms with E-state index in [9.17, 15) is 0 Å². The van der Waals surface area contributed by atoms with Gasteiger partial charge >= 0.3 is 0 Å². The molecule has 0 aromatic heterocycles. The van der Waals surface area contributed by atoms with Crippen LogP contribution in [0.25, 0.3) is 0 Å². The average Bonchev–Trinajstić information content (AvgIpc) is 2.83. The number of hydrogen-bond acceptors (Lipinski definition) is 2. The third-order valence-corrected chi connectivity index (χ3v) is 4.37. The van der Waals surface area contributed by atoms with Crippen molar-refractivity contribution in [2.45, 2.75) is 25.7 Å². The van der Waals surface area contributed by atoms with Crippen molar-refractivity contribution >= 4 is 0 Å². The molecule has 0 atom stereocenters. The normalized spacial score (nSPS) is 20.9. The predicted molar refractivity (Wildman–Crippen MR) is 81.2 cm³/mol. The van der Waals surface area contributed by atoms with Gasteiger partial charge < -0.3 is 9.80 Å². The largest absolute Gasteiger partial charge is 0.355 e. The molecule has 0 unspecified atom stereocenters. The lowest BCUT2D eigenvalue weighted by Crippen LogP contribution is -2.23. The maximum absolute atomic E-state index is 2.36. The van der Waals surface area contributed by atoms with Gasteiger partial charge in [-0.3, -0.25) is 0 Å². The highest BCUT2D eigenvalue weighted by Gasteiger charge is 2.27. The Balaban J connectivity index is 1.74. The van der Waals surface area contributed by atoms with Crippen molar-refractivity contribution in [3.8, 4) is 0 Å². The van der Waals surface area contributed by atoms with Crippen LogP contribution in [0.3, 0.4) is 0 Å².